The lowest BCUT2D eigenvalue weighted by Gasteiger charge is -2.32. The Morgan fingerprint density at radius 3 is 2.94 bits per heavy atom. The molecule has 5 nitrogen and oxygen atoms in total. The number of nitrogens with one attached hydrogen (secondary N) is 2. The number of hydrogen-bond acceptors (Lipinski definition) is 4. The summed E-state index contributed by atoms with van der Waals surface area (Å²) in [6.45, 7) is 0.464. The number of hydrogen-bond donors (Lipinski definition) is 3. The number of anilines is 1. The van der Waals surface area contributed by atoms with Crippen molar-refractivity contribution in [3.8, 4) is 0 Å². The SMILES string of the molecule is NC(=O)[C@@H]1C[C@]2(CN1)Sc1ccccc1NC2=O. The summed E-state index contributed by atoms with van der Waals surface area (Å²) in [5.41, 5.74) is 6.12. The largest absolute Gasteiger partial charge is 0.368 e. The first-order valence-corrected chi connectivity index (χ1v) is 6.55. The van der Waals surface area contributed by atoms with Gasteiger partial charge in [-0.2, -0.15) is 0 Å². The van der Waals surface area contributed by atoms with E-state index >= 15 is 0 Å². The van der Waals surface area contributed by atoms with Gasteiger partial charge in [0.05, 0.1) is 11.7 Å². The summed E-state index contributed by atoms with van der Waals surface area (Å²) in [5.74, 6) is -0.457. The summed E-state index contributed by atoms with van der Waals surface area (Å²) in [6, 6.07) is 7.25. The molecule has 1 saturated heterocycles. The molecule has 1 fully saturated rings. The third-order valence-electron chi connectivity index (χ3n) is 3.37. The third-order valence-corrected chi connectivity index (χ3v) is 4.83. The summed E-state index contributed by atoms with van der Waals surface area (Å²) in [6.07, 6.45) is 0.438. The zero-order chi connectivity index (χ0) is 12.8. The van der Waals surface area contributed by atoms with Crippen LogP contribution in [-0.2, 0) is 9.59 Å². The van der Waals surface area contributed by atoms with E-state index in [1.165, 1.54) is 11.8 Å². The minimum absolute atomic E-state index is 0.0533. The van der Waals surface area contributed by atoms with Crippen LogP contribution in [0.3, 0.4) is 0 Å². The van der Waals surface area contributed by atoms with E-state index in [1.807, 2.05) is 24.3 Å². The number of carbonyl (C=O) groups excluding carboxylic acids is 2. The molecule has 0 aliphatic carbocycles. The Labute approximate surface area is 108 Å². The molecule has 1 aromatic rings. The normalized spacial score (nSPS) is 30.0. The minimum Gasteiger partial charge on any atom is -0.368 e. The monoisotopic (exact) mass is 263 g/mol. The number of primary amides is 1. The number of benzene rings is 1. The molecular formula is C12H13N3O2S. The molecule has 3 rings (SSSR count). The molecular weight excluding hydrogens is 250 g/mol. The maximum Gasteiger partial charge on any atom is 0.242 e. The van der Waals surface area contributed by atoms with Gasteiger partial charge in [0, 0.05) is 11.4 Å². The van der Waals surface area contributed by atoms with Gasteiger partial charge in [-0.15, -0.1) is 11.8 Å². The van der Waals surface area contributed by atoms with E-state index in [2.05, 4.69) is 10.6 Å². The average Bonchev–Trinajstić information content (AvgIpc) is 2.76. The first-order valence-electron chi connectivity index (χ1n) is 5.73. The Morgan fingerprint density at radius 1 is 1.44 bits per heavy atom. The number of thioether (sulfide) groups is 1. The second-order valence-corrected chi connectivity index (χ2v) is 6.01. The molecule has 2 aliphatic rings. The van der Waals surface area contributed by atoms with Crippen molar-refractivity contribution in [1.29, 1.82) is 0 Å². The fourth-order valence-electron chi connectivity index (χ4n) is 2.37. The molecule has 6 heteroatoms. The fourth-order valence-corrected chi connectivity index (χ4v) is 3.71. The van der Waals surface area contributed by atoms with Crippen molar-refractivity contribution in [3.05, 3.63) is 24.3 Å². The van der Waals surface area contributed by atoms with Crippen molar-refractivity contribution in [2.75, 3.05) is 11.9 Å². The first-order chi connectivity index (χ1) is 8.61. The fraction of sp³-hybridized carbons (Fsp3) is 0.333. The molecule has 2 aliphatic heterocycles. The summed E-state index contributed by atoms with van der Waals surface area (Å²) >= 11 is 1.51. The lowest BCUT2D eigenvalue weighted by Crippen LogP contribution is -2.44. The van der Waals surface area contributed by atoms with E-state index < -0.39 is 16.7 Å². The van der Waals surface area contributed by atoms with E-state index in [4.69, 9.17) is 5.73 Å². The number of rotatable bonds is 1. The highest BCUT2D eigenvalue weighted by Crippen LogP contribution is 2.46. The van der Waals surface area contributed by atoms with E-state index in [9.17, 15) is 9.59 Å². The molecule has 0 bridgehead atoms. The molecule has 2 amide bonds. The molecule has 1 spiro atoms. The van der Waals surface area contributed by atoms with E-state index in [1.54, 1.807) is 0 Å². The molecule has 94 valence electrons. The zero-order valence-corrected chi connectivity index (χ0v) is 10.4. The Balaban J connectivity index is 1.92. The van der Waals surface area contributed by atoms with Crippen molar-refractivity contribution < 1.29 is 9.59 Å². The van der Waals surface area contributed by atoms with E-state index in [0.717, 1.165) is 10.6 Å². The van der Waals surface area contributed by atoms with Crippen LogP contribution < -0.4 is 16.4 Å². The summed E-state index contributed by atoms with van der Waals surface area (Å²) in [5, 5.41) is 5.92. The number of fused-ring (bicyclic) bond motifs is 1. The lowest BCUT2D eigenvalue weighted by atomic mass is 10.0. The predicted molar refractivity (Wildman–Crippen MR) is 69.3 cm³/mol. The van der Waals surface area contributed by atoms with E-state index in [-0.39, 0.29) is 5.91 Å². The third kappa shape index (κ3) is 1.69. The zero-order valence-electron chi connectivity index (χ0n) is 9.60. The topological polar surface area (TPSA) is 84.2 Å². The number of amides is 2. The smallest absolute Gasteiger partial charge is 0.242 e. The van der Waals surface area contributed by atoms with Crippen LogP contribution in [0, 0.1) is 0 Å². The van der Waals surface area contributed by atoms with Crippen LogP contribution in [0.15, 0.2) is 29.2 Å². The first kappa shape index (κ1) is 11.6. The number of nitrogens with two attached hydrogens (primary N) is 1. The molecule has 1 aromatic carbocycles. The van der Waals surface area contributed by atoms with Gasteiger partial charge in [-0.25, -0.2) is 0 Å². The number of para-hydroxylation sites is 1. The van der Waals surface area contributed by atoms with Crippen LogP contribution in [0.2, 0.25) is 0 Å². The molecule has 0 aromatic heterocycles. The van der Waals surface area contributed by atoms with Crippen LogP contribution in [0.4, 0.5) is 5.69 Å². The van der Waals surface area contributed by atoms with Gasteiger partial charge in [0.25, 0.3) is 0 Å². The summed E-state index contributed by atoms with van der Waals surface area (Å²) < 4.78 is -0.617. The van der Waals surface area contributed by atoms with Crippen LogP contribution >= 0.6 is 11.8 Å². The Hall–Kier alpha value is -1.53. The lowest BCUT2D eigenvalue weighted by molar-refractivity contribution is -0.119. The molecule has 2 atom stereocenters. The highest BCUT2D eigenvalue weighted by atomic mass is 32.2. The highest BCUT2D eigenvalue weighted by Gasteiger charge is 2.50. The Kier molecular flexibility index (Phi) is 2.57. The molecule has 2 heterocycles. The van der Waals surface area contributed by atoms with Gasteiger partial charge in [0.2, 0.25) is 11.8 Å². The Morgan fingerprint density at radius 2 is 2.22 bits per heavy atom. The quantitative estimate of drug-likeness (QED) is 0.681. The highest BCUT2D eigenvalue weighted by molar-refractivity contribution is 8.01. The molecule has 18 heavy (non-hydrogen) atoms. The van der Waals surface area contributed by atoms with Gasteiger partial charge in [-0.3, -0.25) is 9.59 Å². The van der Waals surface area contributed by atoms with Gasteiger partial charge in [-0.1, -0.05) is 12.1 Å². The van der Waals surface area contributed by atoms with Crippen molar-refractivity contribution in [1.82, 2.24) is 5.32 Å². The van der Waals surface area contributed by atoms with Crippen LogP contribution in [-0.4, -0.2) is 29.1 Å². The molecule has 0 radical (unpaired) electrons. The Bertz CT molecular complexity index is 534. The van der Waals surface area contributed by atoms with Gasteiger partial charge in [0.15, 0.2) is 0 Å². The maximum atomic E-state index is 12.2. The van der Waals surface area contributed by atoms with Gasteiger partial charge >= 0.3 is 0 Å². The second-order valence-electron chi connectivity index (χ2n) is 4.59. The van der Waals surface area contributed by atoms with Crippen LogP contribution in [0.5, 0.6) is 0 Å². The standard InChI is InChI=1S/C12H13N3O2S/c13-10(16)8-5-12(6-14-8)11(17)15-7-3-1-2-4-9(7)18-12/h1-4,8,14H,5-6H2,(H2,13,16)(H,15,17)/t8-,12+/m0/s1. The van der Waals surface area contributed by atoms with Crippen LogP contribution in [0.1, 0.15) is 6.42 Å². The maximum absolute atomic E-state index is 12.2. The number of carbonyl (C=O) groups is 2. The van der Waals surface area contributed by atoms with E-state index in [0.29, 0.717) is 13.0 Å². The molecule has 4 N–H and O–H groups in total. The van der Waals surface area contributed by atoms with Crippen molar-refractivity contribution in [2.24, 2.45) is 5.73 Å². The summed E-state index contributed by atoms with van der Waals surface area (Å²) in [4.78, 5) is 24.5. The van der Waals surface area contributed by atoms with Gasteiger partial charge in [-0.05, 0) is 18.6 Å². The minimum atomic E-state index is -0.617. The van der Waals surface area contributed by atoms with Gasteiger partial charge < -0.3 is 16.4 Å². The molecule has 0 saturated carbocycles. The average molecular weight is 263 g/mol. The van der Waals surface area contributed by atoms with Crippen molar-refractivity contribution in [3.63, 3.8) is 0 Å². The summed E-state index contributed by atoms with van der Waals surface area (Å²) in [7, 11) is 0. The second kappa shape index (κ2) is 4.00. The predicted octanol–water partition coefficient (Wildman–Crippen LogP) is 0.317. The van der Waals surface area contributed by atoms with Crippen LogP contribution in [0.25, 0.3) is 0 Å². The van der Waals surface area contributed by atoms with Gasteiger partial charge in [0.1, 0.15) is 4.75 Å². The molecule has 0 unspecified atom stereocenters. The van der Waals surface area contributed by atoms with Crippen molar-refractivity contribution in [2.45, 2.75) is 22.1 Å². The van der Waals surface area contributed by atoms with Crippen molar-refractivity contribution >= 4 is 29.3 Å².